The van der Waals surface area contributed by atoms with Crippen LogP contribution < -0.4 is 9.64 Å². The number of hydrogen-bond acceptors (Lipinski definition) is 8. The molecular weight excluding hydrogens is 739 g/mol. The molecule has 4 heterocycles. The van der Waals surface area contributed by atoms with E-state index in [1.165, 1.54) is 71.8 Å². The minimum absolute atomic E-state index is 0.719. The lowest BCUT2D eigenvalue weighted by Gasteiger charge is -2.26. The standard InChI is InChI=1S/C46H41N3OS4/c1-4-5-6-7-8-9-22-50-38-20-18-37(19-21-38)49(35-14-10-33(11-15-35)41-27-45-43(53-41)25-39(51-45)23-31(2)29-47)36-16-12-34(13-17-36)42-28-46-44(54-42)26-40(52-46)24-32(3)30-48/h10-21,23-28H,4-9,22H2,1-3H3/b31-23-,32-24-. The Morgan fingerprint density at radius 3 is 1.44 bits per heavy atom. The second kappa shape index (κ2) is 17.5. The van der Waals surface area contributed by atoms with E-state index in [2.05, 4.69) is 121 Å². The van der Waals surface area contributed by atoms with Crippen LogP contribution in [0.25, 0.3) is 51.8 Å². The van der Waals surface area contributed by atoms with E-state index in [9.17, 15) is 10.5 Å². The lowest BCUT2D eigenvalue weighted by molar-refractivity contribution is 0.304. The maximum absolute atomic E-state index is 9.18. The Morgan fingerprint density at radius 2 is 1.00 bits per heavy atom. The number of rotatable bonds is 15. The Labute approximate surface area is 334 Å². The highest BCUT2D eigenvalue weighted by molar-refractivity contribution is 7.30. The Kier molecular flexibility index (Phi) is 12.1. The van der Waals surface area contributed by atoms with Crippen molar-refractivity contribution in [1.82, 2.24) is 0 Å². The van der Waals surface area contributed by atoms with Crippen LogP contribution in [0.4, 0.5) is 17.1 Å². The molecule has 0 N–H and O–H groups in total. The van der Waals surface area contributed by atoms with Gasteiger partial charge < -0.3 is 9.64 Å². The monoisotopic (exact) mass is 779 g/mol. The van der Waals surface area contributed by atoms with Crippen molar-refractivity contribution in [3.63, 3.8) is 0 Å². The molecule has 0 atom stereocenters. The zero-order chi connectivity index (χ0) is 37.4. The molecule has 7 aromatic rings. The van der Waals surface area contributed by atoms with Gasteiger partial charge in [0.1, 0.15) is 5.75 Å². The third-order valence-electron chi connectivity index (χ3n) is 9.20. The van der Waals surface area contributed by atoms with Crippen LogP contribution >= 0.6 is 45.3 Å². The number of nitrogens with zero attached hydrogens (tertiary/aromatic N) is 3. The van der Waals surface area contributed by atoms with Crippen molar-refractivity contribution in [2.45, 2.75) is 59.3 Å². The zero-order valence-corrected chi connectivity index (χ0v) is 34.0. The van der Waals surface area contributed by atoms with Gasteiger partial charge in [-0.2, -0.15) is 10.5 Å². The third kappa shape index (κ3) is 8.87. The molecule has 3 aromatic carbocycles. The molecule has 0 aliphatic rings. The summed E-state index contributed by atoms with van der Waals surface area (Å²) in [5.74, 6) is 0.899. The summed E-state index contributed by atoms with van der Waals surface area (Å²) in [5, 5.41) is 18.4. The second-order valence-corrected chi connectivity index (χ2v) is 17.8. The Morgan fingerprint density at radius 1 is 0.574 bits per heavy atom. The van der Waals surface area contributed by atoms with Gasteiger partial charge in [-0.3, -0.25) is 0 Å². The van der Waals surface area contributed by atoms with Crippen molar-refractivity contribution in [3.8, 4) is 38.8 Å². The zero-order valence-electron chi connectivity index (χ0n) is 30.7. The third-order valence-corrected chi connectivity index (χ3v) is 13.8. The van der Waals surface area contributed by atoms with Gasteiger partial charge in [0.05, 0.1) is 18.7 Å². The van der Waals surface area contributed by atoms with E-state index in [0.717, 1.165) is 56.7 Å². The molecule has 0 aliphatic heterocycles. The normalized spacial score (nSPS) is 11.9. The largest absolute Gasteiger partial charge is 0.494 e. The van der Waals surface area contributed by atoms with Gasteiger partial charge in [0.2, 0.25) is 0 Å². The van der Waals surface area contributed by atoms with E-state index >= 15 is 0 Å². The van der Waals surface area contributed by atoms with Gasteiger partial charge in [-0.1, -0.05) is 63.3 Å². The highest BCUT2D eigenvalue weighted by Crippen LogP contribution is 2.43. The van der Waals surface area contributed by atoms with Crippen LogP contribution in [-0.2, 0) is 0 Å². The first kappa shape index (κ1) is 37.4. The van der Waals surface area contributed by atoms with E-state index in [-0.39, 0.29) is 0 Å². The minimum Gasteiger partial charge on any atom is -0.494 e. The van der Waals surface area contributed by atoms with Crippen molar-refractivity contribution in [2.24, 2.45) is 0 Å². The van der Waals surface area contributed by atoms with Gasteiger partial charge in [0.15, 0.2) is 0 Å². The fraction of sp³-hybridized carbons (Fsp3) is 0.217. The van der Waals surface area contributed by atoms with Gasteiger partial charge in [-0.15, -0.1) is 45.3 Å². The summed E-state index contributed by atoms with van der Waals surface area (Å²) in [6.07, 6.45) is 11.4. The molecule has 0 radical (unpaired) electrons. The van der Waals surface area contributed by atoms with Crippen LogP contribution in [0.3, 0.4) is 0 Å². The van der Waals surface area contributed by atoms with E-state index in [4.69, 9.17) is 4.74 Å². The minimum atomic E-state index is 0.719. The first-order valence-corrected chi connectivity index (χ1v) is 21.6. The molecular formula is C46H41N3OS4. The molecule has 54 heavy (non-hydrogen) atoms. The molecule has 0 saturated heterocycles. The Bertz CT molecular complexity index is 2290. The summed E-state index contributed by atoms with van der Waals surface area (Å²) in [5.41, 5.74) is 7.03. The molecule has 0 fully saturated rings. The van der Waals surface area contributed by atoms with Crippen LogP contribution in [0.1, 0.15) is 69.1 Å². The van der Waals surface area contributed by atoms with E-state index < -0.39 is 0 Å². The predicted octanol–water partition coefficient (Wildman–Crippen LogP) is 15.6. The molecule has 0 amide bonds. The molecule has 8 heteroatoms. The van der Waals surface area contributed by atoms with Gasteiger partial charge in [0.25, 0.3) is 0 Å². The maximum Gasteiger partial charge on any atom is 0.119 e. The summed E-state index contributed by atoms with van der Waals surface area (Å²) >= 11 is 7.03. The molecule has 0 spiro atoms. The summed E-state index contributed by atoms with van der Waals surface area (Å²) in [6, 6.07) is 39.5. The number of unbranched alkanes of at least 4 members (excludes halogenated alkanes) is 5. The second-order valence-electron chi connectivity index (χ2n) is 13.4. The van der Waals surface area contributed by atoms with Gasteiger partial charge in [-0.05, 0) is 116 Å². The number of thiophene rings is 4. The summed E-state index contributed by atoms with van der Waals surface area (Å²) in [4.78, 5) is 7.00. The van der Waals surface area contributed by atoms with Crippen LogP contribution in [0.15, 0.2) is 108 Å². The molecule has 0 unspecified atom stereocenters. The van der Waals surface area contributed by atoms with Crippen LogP contribution in [0.2, 0.25) is 0 Å². The van der Waals surface area contributed by atoms with Crippen LogP contribution in [0, 0.1) is 22.7 Å². The van der Waals surface area contributed by atoms with Crippen LogP contribution in [0.5, 0.6) is 5.75 Å². The Hall–Kier alpha value is -4.96. The number of ether oxygens (including phenoxy) is 1. The average molecular weight is 780 g/mol. The molecule has 0 aliphatic carbocycles. The number of allylic oxidation sites excluding steroid dienone is 2. The molecule has 7 rings (SSSR count). The highest BCUT2D eigenvalue weighted by Gasteiger charge is 2.16. The number of nitriles is 2. The number of hydrogen-bond donors (Lipinski definition) is 0. The summed E-state index contributed by atoms with van der Waals surface area (Å²) in [7, 11) is 0. The fourth-order valence-electron chi connectivity index (χ4n) is 6.39. The van der Waals surface area contributed by atoms with E-state index in [1.807, 2.05) is 26.0 Å². The first-order valence-electron chi connectivity index (χ1n) is 18.4. The summed E-state index contributed by atoms with van der Waals surface area (Å²) < 4.78 is 11.1. The van der Waals surface area contributed by atoms with Crippen molar-refractivity contribution >= 4 is 93.4 Å². The molecule has 0 saturated carbocycles. The quantitative estimate of drug-likeness (QED) is 0.0768. The number of fused-ring (bicyclic) bond motifs is 2. The van der Waals surface area contributed by atoms with Crippen molar-refractivity contribution < 1.29 is 4.74 Å². The smallest absolute Gasteiger partial charge is 0.119 e. The molecule has 270 valence electrons. The molecule has 0 bridgehead atoms. The van der Waals surface area contributed by atoms with Crippen molar-refractivity contribution in [2.75, 3.05) is 11.5 Å². The topological polar surface area (TPSA) is 60.0 Å². The van der Waals surface area contributed by atoms with Gasteiger partial charge in [-0.25, -0.2) is 0 Å². The first-order chi connectivity index (χ1) is 26.4. The molecule has 4 nitrogen and oxygen atoms in total. The lowest BCUT2D eigenvalue weighted by atomic mass is 10.1. The van der Waals surface area contributed by atoms with Gasteiger partial charge in [0, 0.05) is 66.5 Å². The van der Waals surface area contributed by atoms with Crippen molar-refractivity contribution in [1.29, 1.82) is 10.5 Å². The number of anilines is 3. The van der Waals surface area contributed by atoms with Crippen LogP contribution in [-0.4, -0.2) is 6.61 Å². The van der Waals surface area contributed by atoms with Crippen molar-refractivity contribution in [3.05, 3.63) is 118 Å². The van der Waals surface area contributed by atoms with E-state index in [0.29, 0.717) is 0 Å². The fourth-order valence-corrected chi connectivity index (χ4v) is 11.2. The molecule has 4 aromatic heterocycles. The van der Waals surface area contributed by atoms with E-state index in [1.54, 1.807) is 45.3 Å². The summed E-state index contributed by atoms with van der Waals surface area (Å²) in [6.45, 7) is 6.69. The Balaban J connectivity index is 1.13. The van der Waals surface area contributed by atoms with Gasteiger partial charge >= 0.3 is 0 Å². The maximum atomic E-state index is 9.18. The lowest BCUT2D eigenvalue weighted by Crippen LogP contribution is -2.10. The number of benzene rings is 3. The highest BCUT2D eigenvalue weighted by atomic mass is 32.1. The predicted molar refractivity (Wildman–Crippen MR) is 236 cm³/mol. The SMILES string of the molecule is CCCCCCCCOc1ccc(N(c2ccc(-c3cc4sc(/C=C(/C)C#N)cc4s3)cc2)c2ccc(-c3cc4sc(/C=C(/C)C#N)cc4s3)cc2)cc1. The average Bonchev–Trinajstić information content (AvgIpc) is 3.96.